The Morgan fingerprint density at radius 1 is 0.682 bits per heavy atom. The standard InChI is InChI=1S/C19H41O2P/c1-4-6-8-12-16-20-19(15-11-10-14-18-22-3)21-17-13-9-7-5-2/h19,22H,4-18H2,1-3H3. The molecule has 0 saturated heterocycles. The molecule has 0 aromatic carbocycles. The number of ether oxygens (including phenoxy) is 2. The zero-order valence-corrected chi connectivity index (χ0v) is 16.5. The summed E-state index contributed by atoms with van der Waals surface area (Å²) in [5.74, 6) is 0. The Kier molecular flexibility index (Phi) is 19.7. The van der Waals surface area contributed by atoms with Gasteiger partial charge in [-0.05, 0) is 44.9 Å². The van der Waals surface area contributed by atoms with Gasteiger partial charge in [0.2, 0.25) is 0 Å². The third-order valence-electron chi connectivity index (χ3n) is 3.97. The lowest BCUT2D eigenvalue weighted by Crippen LogP contribution is -2.19. The van der Waals surface area contributed by atoms with Crippen LogP contribution in [0.25, 0.3) is 0 Å². The molecule has 22 heavy (non-hydrogen) atoms. The summed E-state index contributed by atoms with van der Waals surface area (Å²) in [6.45, 7) is 8.54. The molecule has 0 fully saturated rings. The Balaban J connectivity index is 3.72. The number of unbranched alkanes of at least 4 members (excludes halogenated alkanes) is 8. The topological polar surface area (TPSA) is 18.5 Å². The van der Waals surface area contributed by atoms with Crippen molar-refractivity contribution in [1.82, 2.24) is 0 Å². The summed E-state index contributed by atoms with van der Waals surface area (Å²) in [5.41, 5.74) is 0. The van der Waals surface area contributed by atoms with Gasteiger partial charge in [0.05, 0.1) is 0 Å². The van der Waals surface area contributed by atoms with Gasteiger partial charge in [0.25, 0.3) is 0 Å². The van der Waals surface area contributed by atoms with Crippen LogP contribution in [0, 0.1) is 0 Å². The molecule has 0 aliphatic heterocycles. The molecule has 1 unspecified atom stereocenters. The van der Waals surface area contributed by atoms with Gasteiger partial charge in [-0.3, -0.25) is 0 Å². The third kappa shape index (κ3) is 16.7. The van der Waals surface area contributed by atoms with Gasteiger partial charge in [0, 0.05) is 13.2 Å². The van der Waals surface area contributed by atoms with Crippen LogP contribution in [0.3, 0.4) is 0 Å². The van der Waals surface area contributed by atoms with Gasteiger partial charge in [-0.2, -0.15) is 0 Å². The Hall–Kier alpha value is 0.350. The number of hydrogen-bond acceptors (Lipinski definition) is 2. The molecule has 0 bridgehead atoms. The lowest BCUT2D eigenvalue weighted by Gasteiger charge is -2.19. The van der Waals surface area contributed by atoms with E-state index in [1.54, 1.807) is 0 Å². The summed E-state index contributed by atoms with van der Waals surface area (Å²) in [4.78, 5) is 0. The summed E-state index contributed by atoms with van der Waals surface area (Å²) in [6.07, 6.45) is 16.6. The number of hydrogen-bond donors (Lipinski definition) is 0. The van der Waals surface area contributed by atoms with Crippen molar-refractivity contribution in [1.29, 1.82) is 0 Å². The SMILES string of the molecule is CCCCCCOC(CCCCCPC)OCCCCCC. The van der Waals surface area contributed by atoms with Crippen molar-refractivity contribution < 1.29 is 9.47 Å². The lowest BCUT2D eigenvalue weighted by molar-refractivity contribution is -0.148. The molecule has 0 radical (unpaired) electrons. The molecule has 134 valence electrons. The molecule has 0 aliphatic rings. The first kappa shape index (κ1) is 22.4. The second kappa shape index (κ2) is 19.4. The minimum absolute atomic E-state index is 0.0485. The monoisotopic (exact) mass is 332 g/mol. The molecule has 0 aromatic rings. The second-order valence-corrected chi connectivity index (χ2v) is 7.45. The number of rotatable bonds is 18. The van der Waals surface area contributed by atoms with E-state index in [9.17, 15) is 0 Å². The van der Waals surface area contributed by atoms with Crippen molar-refractivity contribution in [2.75, 3.05) is 26.0 Å². The van der Waals surface area contributed by atoms with E-state index >= 15 is 0 Å². The summed E-state index contributed by atoms with van der Waals surface area (Å²) >= 11 is 0. The first-order valence-corrected chi connectivity index (χ1v) is 11.4. The maximum Gasteiger partial charge on any atom is 0.157 e. The van der Waals surface area contributed by atoms with Crippen molar-refractivity contribution in [2.24, 2.45) is 0 Å². The smallest absolute Gasteiger partial charge is 0.157 e. The quantitative estimate of drug-likeness (QED) is 0.165. The molecular weight excluding hydrogens is 291 g/mol. The lowest BCUT2D eigenvalue weighted by atomic mass is 10.2. The summed E-state index contributed by atoms with van der Waals surface area (Å²) in [5, 5.41) is 0. The van der Waals surface area contributed by atoms with Crippen LogP contribution in [0.4, 0.5) is 0 Å². The Morgan fingerprint density at radius 2 is 1.23 bits per heavy atom. The third-order valence-corrected chi connectivity index (χ3v) is 4.82. The van der Waals surface area contributed by atoms with E-state index in [0.717, 1.165) is 28.2 Å². The largest absolute Gasteiger partial charge is 0.353 e. The zero-order valence-electron chi connectivity index (χ0n) is 15.5. The maximum absolute atomic E-state index is 5.98. The highest BCUT2D eigenvalue weighted by atomic mass is 31.1. The molecule has 0 rings (SSSR count). The van der Waals surface area contributed by atoms with E-state index in [-0.39, 0.29) is 6.29 Å². The van der Waals surface area contributed by atoms with Crippen molar-refractivity contribution in [2.45, 2.75) is 97.2 Å². The van der Waals surface area contributed by atoms with E-state index in [1.807, 2.05) is 0 Å². The predicted molar refractivity (Wildman–Crippen MR) is 102 cm³/mol. The Bertz CT molecular complexity index is 167. The molecule has 0 N–H and O–H groups in total. The minimum Gasteiger partial charge on any atom is -0.353 e. The van der Waals surface area contributed by atoms with Crippen LogP contribution in [-0.4, -0.2) is 32.3 Å². The first-order valence-electron chi connectivity index (χ1n) is 9.72. The highest BCUT2D eigenvalue weighted by molar-refractivity contribution is 7.36. The fourth-order valence-corrected chi connectivity index (χ4v) is 3.10. The summed E-state index contributed by atoms with van der Waals surface area (Å²) in [6, 6.07) is 0. The van der Waals surface area contributed by atoms with Gasteiger partial charge < -0.3 is 9.47 Å². The van der Waals surface area contributed by atoms with Crippen LogP contribution in [-0.2, 0) is 9.47 Å². The van der Waals surface area contributed by atoms with Crippen molar-refractivity contribution in [3.8, 4) is 0 Å². The Morgan fingerprint density at radius 3 is 1.73 bits per heavy atom. The van der Waals surface area contributed by atoms with Crippen LogP contribution in [0.5, 0.6) is 0 Å². The maximum atomic E-state index is 5.98. The van der Waals surface area contributed by atoms with E-state index in [2.05, 4.69) is 20.5 Å². The molecule has 1 atom stereocenters. The van der Waals surface area contributed by atoms with Crippen LogP contribution in [0.1, 0.15) is 90.9 Å². The summed E-state index contributed by atoms with van der Waals surface area (Å²) in [7, 11) is 1.10. The highest BCUT2D eigenvalue weighted by Crippen LogP contribution is 2.14. The van der Waals surface area contributed by atoms with Crippen LogP contribution >= 0.6 is 8.58 Å². The second-order valence-electron chi connectivity index (χ2n) is 6.25. The van der Waals surface area contributed by atoms with E-state index in [0.29, 0.717) is 0 Å². The summed E-state index contributed by atoms with van der Waals surface area (Å²) < 4.78 is 12.0. The normalized spacial score (nSPS) is 12.0. The molecule has 0 aromatic heterocycles. The average molecular weight is 333 g/mol. The van der Waals surface area contributed by atoms with Gasteiger partial charge >= 0.3 is 0 Å². The molecule has 0 amide bonds. The van der Waals surface area contributed by atoms with Gasteiger partial charge in [-0.15, -0.1) is 8.58 Å². The van der Waals surface area contributed by atoms with E-state index < -0.39 is 0 Å². The van der Waals surface area contributed by atoms with Gasteiger partial charge in [0.1, 0.15) is 0 Å². The first-order chi connectivity index (χ1) is 10.8. The van der Waals surface area contributed by atoms with Crippen molar-refractivity contribution in [3.05, 3.63) is 0 Å². The van der Waals surface area contributed by atoms with Gasteiger partial charge in [-0.25, -0.2) is 0 Å². The molecule has 2 nitrogen and oxygen atoms in total. The molecule has 0 saturated carbocycles. The minimum atomic E-state index is 0.0485. The van der Waals surface area contributed by atoms with Crippen molar-refractivity contribution >= 4 is 8.58 Å². The fourth-order valence-electron chi connectivity index (χ4n) is 2.49. The zero-order chi connectivity index (χ0) is 16.3. The van der Waals surface area contributed by atoms with Crippen LogP contribution in [0.2, 0.25) is 0 Å². The van der Waals surface area contributed by atoms with Crippen LogP contribution < -0.4 is 0 Å². The predicted octanol–water partition coefficient (Wildman–Crippen LogP) is 6.38. The van der Waals surface area contributed by atoms with E-state index in [4.69, 9.17) is 9.47 Å². The molecule has 0 spiro atoms. The average Bonchev–Trinajstić information content (AvgIpc) is 2.53. The molecule has 0 heterocycles. The highest BCUT2D eigenvalue weighted by Gasteiger charge is 2.09. The fraction of sp³-hybridized carbons (Fsp3) is 1.00. The molecule has 0 aliphatic carbocycles. The van der Waals surface area contributed by atoms with Crippen LogP contribution in [0.15, 0.2) is 0 Å². The van der Waals surface area contributed by atoms with Gasteiger partial charge in [0.15, 0.2) is 6.29 Å². The van der Waals surface area contributed by atoms with E-state index in [1.165, 1.54) is 76.8 Å². The van der Waals surface area contributed by atoms with Crippen molar-refractivity contribution in [3.63, 3.8) is 0 Å². The molecular formula is C19H41O2P. The Labute approximate surface area is 141 Å². The molecule has 3 heteroatoms. The van der Waals surface area contributed by atoms with Gasteiger partial charge in [-0.1, -0.05) is 58.8 Å².